The van der Waals surface area contributed by atoms with Gasteiger partial charge in [-0.3, -0.25) is 14.4 Å². The molecular weight excluding hydrogens is 491 g/mol. The van der Waals surface area contributed by atoms with Gasteiger partial charge >= 0.3 is 5.97 Å². The van der Waals surface area contributed by atoms with Crippen molar-refractivity contribution in [2.24, 2.45) is 5.92 Å². The molecule has 1 N–H and O–H groups in total. The zero-order chi connectivity index (χ0) is 25.1. The predicted octanol–water partition coefficient (Wildman–Crippen LogP) is 4.83. The Hall–Kier alpha value is -2.74. The van der Waals surface area contributed by atoms with Gasteiger partial charge in [-0.25, -0.2) is 9.69 Å². The molecule has 1 unspecified atom stereocenters. The number of ether oxygens (including phenoxy) is 1. The van der Waals surface area contributed by atoms with E-state index in [4.69, 9.17) is 27.9 Å². The van der Waals surface area contributed by atoms with E-state index in [-0.39, 0.29) is 40.4 Å². The Bertz CT molecular complexity index is 1140. The first-order valence-corrected chi connectivity index (χ1v) is 12.4. The fraction of sp³-hybridized carbons (Fsp3) is 0.385. The molecular formula is C26H26Cl2N2O5. The van der Waals surface area contributed by atoms with E-state index >= 15 is 0 Å². The van der Waals surface area contributed by atoms with Crippen molar-refractivity contribution < 1.29 is 23.9 Å². The molecule has 2 aromatic carbocycles. The smallest absolute Gasteiger partial charge is 0.338 e. The Kier molecular flexibility index (Phi) is 7.89. The van der Waals surface area contributed by atoms with Crippen molar-refractivity contribution in [1.29, 1.82) is 0 Å². The Labute approximate surface area is 213 Å². The van der Waals surface area contributed by atoms with E-state index < -0.39 is 24.4 Å². The van der Waals surface area contributed by atoms with Gasteiger partial charge in [0.1, 0.15) is 0 Å². The van der Waals surface area contributed by atoms with E-state index in [9.17, 15) is 19.2 Å². The number of rotatable bonds is 7. The molecule has 0 spiro atoms. The summed E-state index contributed by atoms with van der Waals surface area (Å²) in [6.45, 7) is 1.77. The zero-order valence-electron chi connectivity index (χ0n) is 19.3. The highest BCUT2D eigenvalue weighted by Crippen LogP contribution is 2.28. The van der Waals surface area contributed by atoms with Crippen LogP contribution in [-0.2, 0) is 14.3 Å². The third-order valence-corrected chi connectivity index (χ3v) is 7.28. The van der Waals surface area contributed by atoms with Gasteiger partial charge in [-0.1, -0.05) is 30.1 Å². The lowest BCUT2D eigenvalue weighted by Crippen LogP contribution is -2.45. The lowest BCUT2D eigenvalue weighted by atomic mass is 9.87. The predicted molar refractivity (Wildman–Crippen MR) is 133 cm³/mol. The Morgan fingerprint density at radius 1 is 0.971 bits per heavy atom. The molecule has 1 aliphatic carbocycles. The summed E-state index contributed by atoms with van der Waals surface area (Å²) in [6, 6.07) is 10.1. The van der Waals surface area contributed by atoms with Crippen molar-refractivity contribution in [3.63, 3.8) is 0 Å². The van der Waals surface area contributed by atoms with Gasteiger partial charge in [-0.15, -0.1) is 0 Å². The molecule has 0 radical (unpaired) electrons. The van der Waals surface area contributed by atoms with E-state index in [0.717, 1.165) is 30.6 Å². The van der Waals surface area contributed by atoms with Gasteiger partial charge in [-0.05, 0) is 74.1 Å². The SMILES string of the molecule is CC1CCC(NC2CC(=O)N(c3ccc(C(=O)OCC(=O)c4ccc(Cl)c(Cl)c4)cc3)C2=O)CC1. The van der Waals surface area contributed by atoms with Gasteiger partial charge in [0.25, 0.3) is 5.91 Å². The average Bonchev–Trinajstić information content (AvgIpc) is 3.13. The number of nitrogens with zero attached hydrogens (tertiary/aromatic N) is 1. The van der Waals surface area contributed by atoms with E-state index in [1.54, 1.807) is 0 Å². The van der Waals surface area contributed by atoms with Crippen LogP contribution in [0.2, 0.25) is 10.0 Å². The molecule has 184 valence electrons. The monoisotopic (exact) mass is 516 g/mol. The van der Waals surface area contributed by atoms with Gasteiger partial charge in [0.05, 0.1) is 33.8 Å². The van der Waals surface area contributed by atoms with E-state index in [2.05, 4.69) is 12.2 Å². The normalized spacial score (nSPS) is 22.4. The lowest BCUT2D eigenvalue weighted by molar-refractivity contribution is -0.121. The minimum Gasteiger partial charge on any atom is -0.454 e. The van der Waals surface area contributed by atoms with E-state index in [1.165, 1.54) is 42.5 Å². The maximum Gasteiger partial charge on any atom is 0.338 e. The second-order valence-corrected chi connectivity index (χ2v) is 9.94. The molecule has 1 atom stereocenters. The fourth-order valence-corrected chi connectivity index (χ4v) is 4.76. The first-order valence-electron chi connectivity index (χ1n) is 11.6. The van der Waals surface area contributed by atoms with Crippen LogP contribution in [0.5, 0.6) is 0 Å². The number of esters is 1. The summed E-state index contributed by atoms with van der Waals surface area (Å²) in [7, 11) is 0. The maximum atomic E-state index is 12.9. The first kappa shape index (κ1) is 25.4. The fourth-order valence-electron chi connectivity index (χ4n) is 4.46. The van der Waals surface area contributed by atoms with Gasteiger partial charge in [0, 0.05) is 11.6 Å². The molecule has 2 aromatic rings. The number of amides is 2. The number of halogens is 2. The summed E-state index contributed by atoms with van der Waals surface area (Å²) in [5, 5.41) is 3.91. The molecule has 1 heterocycles. The number of hydrogen-bond acceptors (Lipinski definition) is 6. The quantitative estimate of drug-likeness (QED) is 0.321. The summed E-state index contributed by atoms with van der Waals surface area (Å²) in [6.07, 6.45) is 4.36. The number of carbonyl (C=O) groups excluding carboxylic acids is 4. The summed E-state index contributed by atoms with van der Waals surface area (Å²) < 4.78 is 5.11. The van der Waals surface area contributed by atoms with Gasteiger partial charge in [0.2, 0.25) is 5.91 Å². The second kappa shape index (κ2) is 10.9. The summed E-state index contributed by atoms with van der Waals surface area (Å²) in [5.41, 5.74) is 0.866. The van der Waals surface area contributed by atoms with Crippen molar-refractivity contribution >= 4 is 52.5 Å². The Morgan fingerprint density at radius 2 is 1.63 bits per heavy atom. The molecule has 2 amide bonds. The molecule has 9 heteroatoms. The van der Waals surface area contributed by atoms with Gasteiger partial charge in [0.15, 0.2) is 12.4 Å². The van der Waals surface area contributed by atoms with Crippen LogP contribution in [0, 0.1) is 5.92 Å². The number of Topliss-reactive ketones (excluding diaryl/α,β-unsaturated/α-hetero) is 1. The van der Waals surface area contributed by atoms with Crippen molar-refractivity contribution in [3.8, 4) is 0 Å². The number of benzene rings is 2. The molecule has 1 saturated heterocycles. The standard InChI is InChI=1S/C26H26Cl2N2O5/c1-15-2-7-18(8-3-15)29-22-13-24(32)30(25(22)33)19-9-4-16(5-10-19)26(34)35-14-23(31)17-6-11-20(27)21(28)12-17/h4-6,9-12,15,18,22,29H,2-3,7-8,13-14H2,1H3. The number of ketones is 1. The van der Waals surface area contributed by atoms with Crippen LogP contribution in [0.15, 0.2) is 42.5 Å². The Morgan fingerprint density at radius 3 is 2.29 bits per heavy atom. The molecule has 0 aromatic heterocycles. The number of anilines is 1. The van der Waals surface area contributed by atoms with Crippen molar-refractivity contribution in [3.05, 3.63) is 63.6 Å². The highest BCUT2D eigenvalue weighted by Gasteiger charge is 2.40. The number of nitrogens with one attached hydrogen (secondary N) is 1. The highest BCUT2D eigenvalue weighted by atomic mass is 35.5. The molecule has 0 bridgehead atoms. The molecule has 35 heavy (non-hydrogen) atoms. The Balaban J connectivity index is 1.34. The lowest BCUT2D eigenvalue weighted by Gasteiger charge is -2.28. The molecule has 2 fully saturated rings. The van der Waals surface area contributed by atoms with E-state index in [0.29, 0.717) is 16.6 Å². The summed E-state index contributed by atoms with van der Waals surface area (Å²) in [5.74, 6) is -0.983. The van der Waals surface area contributed by atoms with Crippen LogP contribution in [0.25, 0.3) is 0 Å². The molecule has 7 nitrogen and oxygen atoms in total. The van der Waals surface area contributed by atoms with Crippen LogP contribution in [-0.4, -0.2) is 42.3 Å². The third-order valence-electron chi connectivity index (χ3n) is 6.54. The third kappa shape index (κ3) is 5.92. The first-order chi connectivity index (χ1) is 16.7. The molecule has 4 rings (SSSR count). The minimum absolute atomic E-state index is 0.117. The van der Waals surface area contributed by atoms with Crippen molar-refractivity contribution in [1.82, 2.24) is 5.32 Å². The van der Waals surface area contributed by atoms with Gasteiger partial charge < -0.3 is 10.1 Å². The van der Waals surface area contributed by atoms with Crippen molar-refractivity contribution in [2.45, 2.75) is 51.1 Å². The van der Waals surface area contributed by atoms with E-state index in [1.807, 2.05) is 0 Å². The molecule has 1 aliphatic heterocycles. The van der Waals surface area contributed by atoms with Crippen LogP contribution < -0.4 is 10.2 Å². The molecule has 2 aliphatic rings. The van der Waals surface area contributed by atoms with Crippen LogP contribution in [0.4, 0.5) is 5.69 Å². The maximum absolute atomic E-state index is 12.9. The number of carbonyl (C=O) groups is 4. The largest absolute Gasteiger partial charge is 0.454 e. The second-order valence-electron chi connectivity index (χ2n) is 9.12. The summed E-state index contributed by atoms with van der Waals surface area (Å²) in [4.78, 5) is 51.3. The van der Waals surface area contributed by atoms with Crippen molar-refractivity contribution in [2.75, 3.05) is 11.5 Å². The topological polar surface area (TPSA) is 92.8 Å². The van der Waals surface area contributed by atoms with Crippen LogP contribution >= 0.6 is 23.2 Å². The molecule has 1 saturated carbocycles. The average molecular weight is 517 g/mol. The van der Waals surface area contributed by atoms with Crippen LogP contribution in [0.1, 0.15) is 59.7 Å². The zero-order valence-corrected chi connectivity index (χ0v) is 20.8. The number of hydrogen-bond donors (Lipinski definition) is 1. The van der Waals surface area contributed by atoms with Gasteiger partial charge in [-0.2, -0.15) is 0 Å². The van der Waals surface area contributed by atoms with Crippen LogP contribution in [0.3, 0.4) is 0 Å². The summed E-state index contributed by atoms with van der Waals surface area (Å²) >= 11 is 11.8. The highest BCUT2D eigenvalue weighted by molar-refractivity contribution is 6.42. The minimum atomic E-state index is -0.699. The number of imide groups is 1.